The number of anilines is 1. The number of alkyl halides is 1. The van der Waals surface area contributed by atoms with Gasteiger partial charge in [-0.1, -0.05) is 24.6 Å². The van der Waals surface area contributed by atoms with E-state index < -0.39 is 15.8 Å². The van der Waals surface area contributed by atoms with Gasteiger partial charge in [-0.05, 0) is 18.1 Å². The second-order valence-corrected chi connectivity index (χ2v) is 6.22. The number of nitrogens with one attached hydrogen (secondary N) is 1. The van der Waals surface area contributed by atoms with Crippen LogP contribution < -0.4 is 4.72 Å². The molecule has 96 valence electrons. The molecule has 17 heavy (non-hydrogen) atoms. The fourth-order valence-electron chi connectivity index (χ4n) is 1.21. The maximum Gasteiger partial charge on any atom is 0.233 e. The van der Waals surface area contributed by atoms with Crippen molar-refractivity contribution >= 4 is 38.9 Å². The molecule has 0 radical (unpaired) electrons. The molecule has 7 heteroatoms. The number of hydrogen-bond acceptors (Lipinski definition) is 2. The van der Waals surface area contributed by atoms with E-state index in [4.69, 9.17) is 23.2 Å². The van der Waals surface area contributed by atoms with Crippen molar-refractivity contribution < 1.29 is 12.8 Å². The minimum absolute atomic E-state index is 0.0205. The molecule has 0 heterocycles. The molecule has 3 nitrogen and oxygen atoms in total. The fraction of sp³-hybridized carbons (Fsp3) is 0.400. The number of halogens is 3. The molecule has 0 aliphatic rings. The molecule has 0 fully saturated rings. The summed E-state index contributed by atoms with van der Waals surface area (Å²) in [6.07, 6.45) is 0. The summed E-state index contributed by atoms with van der Waals surface area (Å²) in [6.45, 7) is 1.69. The predicted molar refractivity (Wildman–Crippen MR) is 68.7 cm³/mol. The van der Waals surface area contributed by atoms with Crippen LogP contribution in [-0.4, -0.2) is 20.1 Å². The lowest BCUT2D eigenvalue weighted by atomic mass is 10.3. The zero-order valence-corrected chi connectivity index (χ0v) is 11.4. The maximum absolute atomic E-state index is 13.4. The van der Waals surface area contributed by atoms with Gasteiger partial charge in [-0.2, -0.15) is 0 Å². The van der Waals surface area contributed by atoms with E-state index in [0.29, 0.717) is 0 Å². The van der Waals surface area contributed by atoms with E-state index >= 15 is 0 Å². The minimum atomic E-state index is -3.65. The number of sulfonamides is 1. The van der Waals surface area contributed by atoms with E-state index in [1.807, 2.05) is 0 Å². The van der Waals surface area contributed by atoms with Crippen molar-refractivity contribution in [2.24, 2.45) is 5.92 Å². The second-order valence-electron chi connectivity index (χ2n) is 3.74. The van der Waals surface area contributed by atoms with Crippen LogP contribution in [0, 0.1) is 11.7 Å². The Morgan fingerprint density at radius 1 is 1.47 bits per heavy atom. The van der Waals surface area contributed by atoms with Gasteiger partial charge in [0, 0.05) is 5.88 Å². The number of hydrogen-bond donors (Lipinski definition) is 1. The maximum atomic E-state index is 13.4. The summed E-state index contributed by atoms with van der Waals surface area (Å²) in [7, 11) is -3.65. The first-order valence-electron chi connectivity index (χ1n) is 4.86. The van der Waals surface area contributed by atoms with Gasteiger partial charge < -0.3 is 0 Å². The van der Waals surface area contributed by atoms with Gasteiger partial charge in [-0.15, -0.1) is 11.6 Å². The van der Waals surface area contributed by atoms with Gasteiger partial charge in [0.15, 0.2) is 0 Å². The number of rotatable bonds is 5. The zero-order chi connectivity index (χ0) is 13.1. The van der Waals surface area contributed by atoms with E-state index in [0.717, 1.165) is 6.07 Å². The van der Waals surface area contributed by atoms with E-state index in [1.165, 1.54) is 12.1 Å². The highest BCUT2D eigenvalue weighted by atomic mass is 35.5. The molecule has 0 aromatic heterocycles. The van der Waals surface area contributed by atoms with Crippen molar-refractivity contribution in [3.8, 4) is 0 Å². The van der Waals surface area contributed by atoms with E-state index in [9.17, 15) is 12.8 Å². The highest BCUT2D eigenvalue weighted by molar-refractivity contribution is 7.92. The second kappa shape index (κ2) is 5.89. The van der Waals surface area contributed by atoms with Gasteiger partial charge in [0.25, 0.3) is 0 Å². The smallest absolute Gasteiger partial charge is 0.233 e. The Hall–Kier alpha value is -0.520. The number of para-hydroxylation sites is 1. The molecule has 0 bridgehead atoms. The summed E-state index contributed by atoms with van der Waals surface area (Å²) in [5, 5.41) is 0.0205. The molecular formula is C10H12Cl2FNO2S. The van der Waals surface area contributed by atoms with Crippen LogP contribution in [0.15, 0.2) is 18.2 Å². The molecule has 1 unspecified atom stereocenters. The Bertz CT molecular complexity index is 473. The molecule has 0 saturated heterocycles. The van der Waals surface area contributed by atoms with Crippen LogP contribution in [0.1, 0.15) is 6.92 Å². The first kappa shape index (κ1) is 14.5. The van der Waals surface area contributed by atoms with Crippen molar-refractivity contribution in [2.45, 2.75) is 6.92 Å². The highest BCUT2D eigenvalue weighted by Gasteiger charge is 2.18. The van der Waals surface area contributed by atoms with Gasteiger partial charge in [0.05, 0.1) is 10.8 Å². The average molecular weight is 300 g/mol. The Kier molecular flexibility index (Phi) is 5.04. The molecule has 0 aliphatic heterocycles. The highest BCUT2D eigenvalue weighted by Crippen LogP contribution is 2.25. The van der Waals surface area contributed by atoms with E-state index in [2.05, 4.69) is 4.72 Å². The van der Waals surface area contributed by atoms with Crippen molar-refractivity contribution in [1.29, 1.82) is 0 Å². The van der Waals surface area contributed by atoms with E-state index in [1.54, 1.807) is 6.92 Å². The van der Waals surface area contributed by atoms with Crippen LogP contribution in [0.4, 0.5) is 10.1 Å². The van der Waals surface area contributed by atoms with Crippen molar-refractivity contribution in [3.05, 3.63) is 29.0 Å². The van der Waals surface area contributed by atoms with Crippen molar-refractivity contribution in [3.63, 3.8) is 0 Å². The quantitative estimate of drug-likeness (QED) is 0.849. The van der Waals surface area contributed by atoms with Crippen LogP contribution in [0.5, 0.6) is 0 Å². The van der Waals surface area contributed by atoms with Gasteiger partial charge >= 0.3 is 0 Å². The van der Waals surface area contributed by atoms with Crippen LogP contribution in [0.2, 0.25) is 5.02 Å². The minimum Gasteiger partial charge on any atom is -0.279 e. The van der Waals surface area contributed by atoms with Crippen molar-refractivity contribution in [2.75, 3.05) is 16.4 Å². The Balaban J connectivity index is 2.91. The summed E-state index contributed by atoms with van der Waals surface area (Å²) in [5.74, 6) is -0.896. The number of benzene rings is 1. The lowest BCUT2D eigenvalue weighted by Crippen LogP contribution is -2.22. The predicted octanol–water partition coefficient (Wildman–Crippen LogP) is 3.10. The molecule has 0 saturated carbocycles. The third-order valence-corrected chi connectivity index (χ3v) is 4.35. The SMILES string of the molecule is CC(CCl)CS(=O)(=O)Nc1c(F)cccc1Cl. The lowest BCUT2D eigenvalue weighted by Gasteiger charge is -2.12. The van der Waals surface area contributed by atoms with Crippen LogP contribution in [0.25, 0.3) is 0 Å². The molecule has 1 atom stereocenters. The van der Waals surface area contributed by atoms with E-state index in [-0.39, 0.29) is 28.3 Å². The van der Waals surface area contributed by atoms with Crippen LogP contribution in [-0.2, 0) is 10.0 Å². The third kappa shape index (κ3) is 4.33. The molecule has 1 aromatic carbocycles. The summed E-state index contributed by atoms with van der Waals surface area (Å²) in [4.78, 5) is 0. The molecule has 1 aromatic rings. The topological polar surface area (TPSA) is 46.2 Å². The summed E-state index contributed by atoms with van der Waals surface area (Å²) in [5.41, 5.74) is -0.226. The average Bonchev–Trinajstić information content (AvgIpc) is 2.23. The molecule has 0 aliphatic carbocycles. The molecule has 0 amide bonds. The summed E-state index contributed by atoms with van der Waals surface area (Å²) >= 11 is 11.2. The lowest BCUT2D eigenvalue weighted by molar-refractivity contribution is 0.586. The van der Waals surface area contributed by atoms with Crippen molar-refractivity contribution in [1.82, 2.24) is 0 Å². The van der Waals surface area contributed by atoms with Crippen LogP contribution in [0.3, 0.4) is 0 Å². The molecule has 1 rings (SSSR count). The molecule has 1 N–H and O–H groups in total. The van der Waals surface area contributed by atoms with Gasteiger partial charge in [0.2, 0.25) is 10.0 Å². The fourth-order valence-corrected chi connectivity index (χ4v) is 3.19. The van der Waals surface area contributed by atoms with Crippen LogP contribution >= 0.6 is 23.2 Å². The van der Waals surface area contributed by atoms with Gasteiger partial charge in [0.1, 0.15) is 11.5 Å². The Labute approximate surface area is 110 Å². The van der Waals surface area contributed by atoms with Gasteiger partial charge in [-0.25, -0.2) is 12.8 Å². The first-order valence-corrected chi connectivity index (χ1v) is 7.42. The summed E-state index contributed by atoms with van der Waals surface area (Å²) < 4.78 is 38.8. The Morgan fingerprint density at radius 3 is 2.65 bits per heavy atom. The zero-order valence-electron chi connectivity index (χ0n) is 9.08. The normalized spacial score (nSPS) is 13.4. The molecular weight excluding hydrogens is 288 g/mol. The molecule has 0 spiro atoms. The Morgan fingerprint density at radius 2 is 2.12 bits per heavy atom. The van der Waals surface area contributed by atoms with Gasteiger partial charge in [-0.3, -0.25) is 4.72 Å². The summed E-state index contributed by atoms with van der Waals surface area (Å²) in [6, 6.07) is 3.94. The third-order valence-electron chi connectivity index (χ3n) is 1.99. The monoisotopic (exact) mass is 299 g/mol. The first-order chi connectivity index (χ1) is 7.85. The largest absolute Gasteiger partial charge is 0.279 e. The standard InChI is InChI=1S/C10H12Cl2FNO2S/c1-7(5-11)6-17(15,16)14-10-8(12)3-2-4-9(10)13/h2-4,7,14H,5-6H2,1H3.